The summed E-state index contributed by atoms with van der Waals surface area (Å²) in [5.74, 6) is -0.819. The largest absolute Gasteiger partial charge is 0.494 e. The average molecular weight is 618 g/mol. The van der Waals surface area contributed by atoms with Crippen LogP contribution in [0.2, 0.25) is 0 Å². The van der Waals surface area contributed by atoms with Crippen molar-refractivity contribution in [2.45, 2.75) is 18.9 Å². The Bertz CT molecular complexity index is 1500. The van der Waals surface area contributed by atoms with Crippen LogP contribution in [0, 0.1) is 0 Å². The van der Waals surface area contributed by atoms with Gasteiger partial charge in [0.2, 0.25) is 11.8 Å². The highest BCUT2D eigenvalue weighted by atomic mass is 19.4. The molecule has 1 aromatic heterocycles. The number of fused-ring (bicyclic) bond motifs is 1. The molecule has 236 valence electrons. The molecule has 0 spiro atoms. The number of piperazine rings is 1. The van der Waals surface area contributed by atoms with Crippen molar-refractivity contribution in [2.75, 3.05) is 71.3 Å². The molecule has 0 radical (unpaired) electrons. The molecule has 1 saturated heterocycles. The average Bonchev–Trinajstić information content (AvgIpc) is 3.30. The normalized spacial score (nSPS) is 16.3. The molecule has 0 saturated carbocycles. The number of aliphatic hydroxyl groups excluding tert-OH is 1. The number of carbonyl (C=O) groups excluding carboxylic acids is 1. The summed E-state index contributed by atoms with van der Waals surface area (Å²) in [7, 11) is 6.26. The number of anilines is 3. The Morgan fingerprint density at radius 1 is 1.11 bits per heavy atom. The highest BCUT2D eigenvalue weighted by Gasteiger charge is 2.37. The number of nitrogens with zero attached hydrogens (tertiary/aromatic N) is 6. The number of aliphatic hydroxyl groups is 1. The first-order valence-electron chi connectivity index (χ1n) is 13.8. The van der Waals surface area contributed by atoms with E-state index >= 15 is 0 Å². The van der Waals surface area contributed by atoms with Crippen LogP contribution in [0.4, 0.5) is 30.5 Å². The molecule has 2 aliphatic rings. The summed E-state index contributed by atoms with van der Waals surface area (Å²) in [6.07, 6.45) is -4.90. The molecule has 2 aromatic carbocycles. The van der Waals surface area contributed by atoms with E-state index in [0.29, 0.717) is 49.4 Å². The topological polar surface area (TPSA) is 116 Å². The van der Waals surface area contributed by atoms with Gasteiger partial charge in [-0.2, -0.15) is 23.2 Å². The number of nitrogens with one attached hydrogen (secondary N) is 1. The molecule has 0 bridgehead atoms. The number of aromatic nitrogens is 2. The van der Waals surface area contributed by atoms with Crippen molar-refractivity contribution in [2.24, 2.45) is 0 Å². The zero-order valence-electron chi connectivity index (χ0n) is 24.8. The molecule has 3 aromatic rings. The van der Waals surface area contributed by atoms with E-state index in [1.807, 2.05) is 12.1 Å². The van der Waals surface area contributed by atoms with Gasteiger partial charge in [0, 0.05) is 71.3 Å². The number of carbonyl (C=O) groups is 1. The lowest BCUT2D eigenvalue weighted by molar-refractivity contribution is -0.207. The first-order chi connectivity index (χ1) is 21.0. The minimum atomic E-state index is -4.80. The Hall–Kier alpha value is -4.18. The number of ether oxygens (including phenoxy) is 2. The van der Waals surface area contributed by atoms with Gasteiger partial charge in [-0.05, 0) is 23.8 Å². The van der Waals surface area contributed by atoms with Crippen LogP contribution in [-0.4, -0.2) is 103 Å². The van der Waals surface area contributed by atoms with Gasteiger partial charge in [0.1, 0.15) is 23.3 Å². The zero-order valence-corrected chi connectivity index (χ0v) is 24.8. The van der Waals surface area contributed by atoms with Crippen molar-refractivity contribution in [3.8, 4) is 17.4 Å². The van der Waals surface area contributed by atoms with Crippen molar-refractivity contribution in [3.05, 3.63) is 59.3 Å². The van der Waals surface area contributed by atoms with Crippen LogP contribution >= 0.6 is 0 Å². The van der Waals surface area contributed by atoms with Gasteiger partial charge in [-0.3, -0.25) is 9.69 Å². The third-order valence-corrected chi connectivity index (χ3v) is 7.64. The van der Waals surface area contributed by atoms with E-state index in [9.17, 15) is 23.1 Å². The minimum absolute atomic E-state index is 0.0192. The maximum atomic E-state index is 13.9. The number of hydrogen-bond donors (Lipinski definition) is 2. The summed E-state index contributed by atoms with van der Waals surface area (Å²) >= 11 is 0. The van der Waals surface area contributed by atoms with E-state index in [1.54, 1.807) is 32.3 Å². The Labute approximate surface area is 252 Å². The van der Waals surface area contributed by atoms with E-state index in [1.165, 1.54) is 30.2 Å². The molecule has 1 amide bonds. The molecule has 44 heavy (non-hydrogen) atoms. The lowest BCUT2D eigenvalue weighted by Gasteiger charge is -2.37. The van der Waals surface area contributed by atoms with Crippen LogP contribution in [0.15, 0.2) is 42.6 Å². The third-order valence-electron chi connectivity index (χ3n) is 7.64. The number of halogens is 3. The minimum Gasteiger partial charge on any atom is -0.494 e. The van der Waals surface area contributed by atoms with E-state index in [2.05, 4.69) is 25.1 Å². The number of hydroxylamine groups is 2. The van der Waals surface area contributed by atoms with E-state index in [4.69, 9.17) is 14.3 Å². The van der Waals surface area contributed by atoms with Gasteiger partial charge in [0.25, 0.3) is 5.91 Å². The van der Waals surface area contributed by atoms with Crippen molar-refractivity contribution < 1.29 is 37.4 Å². The van der Waals surface area contributed by atoms with Crippen LogP contribution in [0.3, 0.4) is 0 Å². The summed E-state index contributed by atoms with van der Waals surface area (Å²) in [5, 5.41) is 14.5. The van der Waals surface area contributed by atoms with Crippen molar-refractivity contribution in [1.29, 1.82) is 0 Å². The van der Waals surface area contributed by atoms with Crippen LogP contribution in [0.25, 0.3) is 0 Å². The monoisotopic (exact) mass is 617 g/mol. The second-order valence-electron chi connectivity index (χ2n) is 10.5. The lowest BCUT2D eigenvalue weighted by atomic mass is 10.1. The first-order valence-corrected chi connectivity index (χ1v) is 13.8. The standard InChI is InChI=1S/C29H34F3N7O5/c1-36-16-18-6-5-7-22(25(18)27(36)41)44-26-20(29(30,31)32)15-33-28(35-26)34-21-9-8-19(14-23(21)42-3)39-12-10-38(11-13-39)17-24(40)37(2)43-4/h5-9,14-15,24,40H,10-13,16-17H2,1-4H3,(H,33,34,35). The van der Waals surface area contributed by atoms with Gasteiger partial charge in [-0.25, -0.2) is 4.98 Å². The summed E-state index contributed by atoms with van der Waals surface area (Å²) in [6.45, 7) is 3.66. The predicted octanol–water partition coefficient (Wildman–Crippen LogP) is 3.56. The number of alkyl halides is 3. The van der Waals surface area contributed by atoms with Gasteiger partial charge >= 0.3 is 6.18 Å². The summed E-state index contributed by atoms with van der Waals surface area (Å²) < 4.78 is 52.9. The molecule has 1 unspecified atom stereocenters. The Kier molecular flexibility index (Phi) is 9.10. The maximum Gasteiger partial charge on any atom is 0.423 e. The molecule has 12 nitrogen and oxygen atoms in total. The van der Waals surface area contributed by atoms with E-state index in [-0.39, 0.29) is 23.2 Å². The fourth-order valence-corrected chi connectivity index (χ4v) is 5.11. The molecule has 15 heteroatoms. The highest BCUT2D eigenvalue weighted by Crippen LogP contribution is 2.40. The highest BCUT2D eigenvalue weighted by molar-refractivity contribution is 6.00. The molecule has 2 N–H and O–H groups in total. The van der Waals surface area contributed by atoms with Crippen LogP contribution in [0.1, 0.15) is 21.5 Å². The fourth-order valence-electron chi connectivity index (χ4n) is 5.11. The predicted molar refractivity (Wildman–Crippen MR) is 155 cm³/mol. The SMILES string of the molecule is COc1cc(N2CCN(CC(O)N(C)OC)CC2)ccc1Nc1ncc(C(F)(F)F)c(Oc2cccc3c2C(=O)N(C)C3)n1. The molecule has 5 rings (SSSR count). The Morgan fingerprint density at radius 2 is 1.86 bits per heavy atom. The summed E-state index contributed by atoms with van der Waals surface area (Å²) in [4.78, 5) is 31.4. The van der Waals surface area contributed by atoms with Gasteiger partial charge < -0.3 is 34.5 Å². The number of hydrogen-bond acceptors (Lipinski definition) is 11. The third kappa shape index (κ3) is 6.65. The van der Waals surface area contributed by atoms with Crippen LogP contribution in [-0.2, 0) is 17.6 Å². The Morgan fingerprint density at radius 3 is 2.55 bits per heavy atom. The Balaban J connectivity index is 1.33. The quantitative estimate of drug-likeness (QED) is 0.257. The van der Waals surface area contributed by atoms with Crippen molar-refractivity contribution >= 4 is 23.2 Å². The molecular weight excluding hydrogens is 583 g/mol. The number of methoxy groups -OCH3 is 1. The maximum absolute atomic E-state index is 13.9. The van der Waals surface area contributed by atoms with Gasteiger partial charge in [-0.1, -0.05) is 12.1 Å². The molecule has 1 fully saturated rings. The molecule has 3 heterocycles. The lowest BCUT2D eigenvalue weighted by Crippen LogP contribution is -2.50. The van der Waals surface area contributed by atoms with Crippen molar-refractivity contribution in [1.82, 2.24) is 24.8 Å². The summed E-state index contributed by atoms with van der Waals surface area (Å²) in [5.41, 5.74) is 1.00. The first kappa shape index (κ1) is 31.3. The number of β-amino-alcohol motifs (C(OH)–C–C–N with tert-alkyl or cyclic N) is 1. The molecule has 1 atom stereocenters. The van der Waals surface area contributed by atoms with E-state index in [0.717, 1.165) is 18.8 Å². The smallest absolute Gasteiger partial charge is 0.423 e. The fraction of sp³-hybridized carbons (Fsp3) is 0.414. The number of likely N-dealkylation sites (N-methyl/N-ethyl adjacent to an activating group) is 1. The number of amides is 1. The van der Waals surface area contributed by atoms with Gasteiger partial charge in [-0.15, -0.1) is 0 Å². The second-order valence-corrected chi connectivity index (χ2v) is 10.5. The van der Waals surface area contributed by atoms with Crippen LogP contribution < -0.4 is 19.7 Å². The second kappa shape index (κ2) is 12.8. The summed E-state index contributed by atoms with van der Waals surface area (Å²) in [6, 6.07) is 10.2. The van der Waals surface area contributed by atoms with Gasteiger partial charge in [0.15, 0.2) is 0 Å². The zero-order chi connectivity index (χ0) is 31.6. The number of benzene rings is 2. The van der Waals surface area contributed by atoms with Gasteiger partial charge in [0.05, 0.1) is 25.5 Å². The molecule has 0 aliphatic carbocycles. The molecular formula is C29H34F3N7O5. The van der Waals surface area contributed by atoms with Crippen molar-refractivity contribution in [3.63, 3.8) is 0 Å². The molecule has 2 aliphatic heterocycles. The van der Waals surface area contributed by atoms with Crippen LogP contribution in [0.5, 0.6) is 17.4 Å². The van der Waals surface area contributed by atoms with E-state index < -0.39 is 23.8 Å². The number of rotatable bonds is 10.